The summed E-state index contributed by atoms with van der Waals surface area (Å²) in [5.41, 5.74) is 0. The standard InChI is InChI=1S/C13H21NO2.C2H2O4/c1-12(2)14-8-9-15-10-11-16-13-6-4-3-5-7-13;3-1(4)2(5)6/h3-7,12,14H,8-11H2,1-2H3;(H,3,4)(H,5,6). The minimum atomic E-state index is -1.82. The molecule has 0 aliphatic rings. The van der Waals surface area contributed by atoms with Crippen LogP contribution in [0.1, 0.15) is 13.8 Å². The van der Waals surface area contributed by atoms with E-state index in [-0.39, 0.29) is 0 Å². The van der Waals surface area contributed by atoms with Gasteiger partial charge in [-0.05, 0) is 12.1 Å². The SMILES string of the molecule is CC(C)NCCOCCOc1ccccc1.O=C(O)C(=O)O. The van der Waals surface area contributed by atoms with E-state index in [1.807, 2.05) is 30.3 Å². The smallest absolute Gasteiger partial charge is 0.414 e. The summed E-state index contributed by atoms with van der Waals surface area (Å²) in [6.07, 6.45) is 0. The maximum atomic E-state index is 9.10. The fourth-order valence-electron chi connectivity index (χ4n) is 1.26. The third-order valence-corrected chi connectivity index (χ3v) is 2.22. The van der Waals surface area contributed by atoms with E-state index in [1.165, 1.54) is 0 Å². The van der Waals surface area contributed by atoms with Gasteiger partial charge in [-0.25, -0.2) is 9.59 Å². The molecule has 0 saturated carbocycles. The van der Waals surface area contributed by atoms with Gasteiger partial charge in [0.2, 0.25) is 0 Å². The molecule has 0 heterocycles. The average Bonchev–Trinajstić information content (AvgIpc) is 2.47. The van der Waals surface area contributed by atoms with Crippen LogP contribution in [0, 0.1) is 0 Å². The first-order valence-corrected chi connectivity index (χ1v) is 6.88. The van der Waals surface area contributed by atoms with Crippen molar-refractivity contribution in [1.29, 1.82) is 0 Å². The van der Waals surface area contributed by atoms with Crippen molar-refractivity contribution in [1.82, 2.24) is 5.32 Å². The van der Waals surface area contributed by atoms with Crippen LogP contribution in [0.4, 0.5) is 0 Å². The van der Waals surface area contributed by atoms with Gasteiger partial charge in [-0.2, -0.15) is 0 Å². The van der Waals surface area contributed by atoms with Crippen LogP contribution in [-0.2, 0) is 14.3 Å². The van der Waals surface area contributed by atoms with Crippen molar-refractivity contribution < 1.29 is 29.3 Å². The maximum Gasteiger partial charge on any atom is 0.414 e. The van der Waals surface area contributed by atoms with E-state index in [4.69, 9.17) is 29.3 Å². The number of rotatable bonds is 8. The molecule has 3 N–H and O–H groups in total. The predicted molar refractivity (Wildman–Crippen MR) is 81.2 cm³/mol. The molecule has 0 aliphatic carbocycles. The van der Waals surface area contributed by atoms with Crippen molar-refractivity contribution in [2.45, 2.75) is 19.9 Å². The first-order chi connectivity index (χ1) is 10.4. The lowest BCUT2D eigenvalue weighted by Crippen LogP contribution is -2.27. The molecule has 22 heavy (non-hydrogen) atoms. The van der Waals surface area contributed by atoms with Crippen molar-refractivity contribution in [3.8, 4) is 5.75 Å². The van der Waals surface area contributed by atoms with Crippen LogP contribution in [0.5, 0.6) is 5.75 Å². The summed E-state index contributed by atoms with van der Waals surface area (Å²) in [4.78, 5) is 18.2. The van der Waals surface area contributed by atoms with Crippen LogP contribution in [-0.4, -0.2) is 54.6 Å². The third-order valence-electron chi connectivity index (χ3n) is 2.22. The van der Waals surface area contributed by atoms with Crippen molar-refractivity contribution in [2.75, 3.05) is 26.4 Å². The summed E-state index contributed by atoms with van der Waals surface area (Å²) in [7, 11) is 0. The Labute approximate surface area is 129 Å². The van der Waals surface area contributed by atoms with Gasteiger partial charge in [0.1, 0.15) is 12.4 Å². The summed E-state index contributed by atoms with van der Waals surface area (Å²) in [5.74, 6) is -2.75. The molecule has 1 aromatic carbocycles. The number of carbonyl (C=O) groups is 2. The number of hydrogen-bond acceptors (Lipinski definition) is 5. The molecule has 0 saturated heterocycles. The lowest BCUT2D eigenvalue weighted by Gasteiger charge is -2.09. The van der Waals surface area contributed by atoms with E-state index in [2.05, 4.69) is 19.2 Å². The molecule has 0 aromatic heterocycles. The molecule has 0 radical (unpaired) electrons. The molecular weight excluding hydrogens is 290 g/mol. The van der Waals surface area contributed by atoms with Crippen LogP contribution in [0.15, 0.2) is 30.3 Å². The molecule has 0 amide bonds. The number of aliphatic carboxylic acids is 2. The number of nitrogens with one attached hydrogen (secondary N) is 1. The van der Waals surface area contributed by atoms with Crippen molar-refractivity contribution in [2.24, 2.45) is 0 Å². The Balaban J connectivity index is 0.000000626. The number of ether oxygens (including phenoxy) is 2. The number of carboxylic acids is 2. The van der Waals surface area contributed by atoms with Crippen LogP contribution in [0.25, 0.3) is 0 Å². The lowest BCUT2D eigenvalue weighted by atomic mass is 10.3. The quantitative estimate of drug-likeness (QED) is 0.490. The van der Waals surface area contributed by atoms with Gasteiger partial charge in [-0.3, -0.25) is 0 Å². The third kappa shape index (κ3) is 12.9. The van der Waals surface area contributed by atoms with E-state index < -0.39 is 11.9 Å². The lowest BCUT2D eigenvalue weighted by molar-refractivity contribution is -0.159. The fourth-order valence-corrected chi connectivity index (χ4v) is 1.26. The van der Waals surface area contributed by atoms with E-state index in [0.717, 1.165) is 18.9 Å². The van der Waals surface area contributed by atoms with E-state index in [1.54, 1.807) is 0 Å². The highest BCUT2D eigenvalue weighted by Crippen LogP contribution is 2.07. The zero-order valence-electron chi connectivity index (χ0n) is 12.8. The molecule has 7 heteroatoms. The van der Waals surface area contributed by atoms with E-state index in [0.29, 0.717) is 19.3 Å². The van der Waals surface area contributed by atoms with Gasteiger partial charge >= 0.3 is 11.9 Å². The summed E-state index contributed by atoms with van der Waals surface area (Å²) in [5, 5.41) is 18.1. The zero-order valence-corrected chi connectivity index (χ0v) is 12.8. The molecule has 1 rings (SSSR count). The van der Waals surface area contributed by atoms with Gasteiger partial charge in [0, 0.05) is 12.6 Å². The van der Waals surface area contributed by atoms with E-state index in [9.17, 15) is 0 Å². The highest BCUT2D eigenvalue weighted by atomic mass is 16.5. The molecule has 124 valence electrons. The second-order valence-electron chi connectivity index (χ2n) is 4.49. The van der Waals surface area contributed by atoms with Gasteiger partial charge < -0.3 is 25.0 Å². The zero-order chi connectivity index (χ0) is 16.8. The summed E-state index contributed by atoms with van der Waals surface area (Å²) in [6, 6.07) is 10.3. The number of hydrogen-bond donors (Lipinski definition) is 3. The fraction of sp³-hybridized carbons (Fsp3) is 0.467. The highest BCUT2D eigenvalue weighted by molar-refractivity contribution is 6.27. The topological polar surface area (TPSA) is 105 Å². The van der Waals surface area contributed by atoms with E-state index >= 15 is 0 Å². The molecule has 0 spiro atoms. The van der Waals surface area contributed by atoms with Crippen LogP contribution < -0.4 is 10.1 Å². The second kappa shape index (κ2) is 12.6. The van der Waals surface area contributed by atoms with Crippen LogP contribution in [0.3, 0.4) is 0 Å². The Hall–Kier alpha value is -2.12. The van der Waals surface area contributed by atoms with Crippen LogP contribution >= 0.6 is 0 Å². The highest BCUT2D eigenvalue weighted by Gasteiger charge is 2.04. The van der Waals surface area contributed by atoms with Gasteiger partial charge in [0.15, 0.2) is 0 Å². The molecule has 1 aromatic rings. The average molecular weight is 313 g/mol. The molecule has 0 unspecified atom stereocenters. The van der Waals surface area contributed by atoms with Crippen molar-refractivity contribution in [3.05, 3.63) is 30.3 Å². The van der Waals surface area contributed by atoms with Crippen LogP contribution in [0.2, 0.25) is 0 Å². The summed E-state index contributed by atoms with van der Waals surface area (Å²) in [6.45, 7) is 7.11. The number of para-hydroxylation sites is 1. The molecular formula is C15H23NO6. The largest absolute Gasteiger partial charge is 0.491 e. The first-order valence-electron chi connectivity index (χ1n) is 6.88. The predicted octanol–water partition coefficient (Wildman–Crippen LogP) is 1.24. The Kier molecular flexibility index (Phi) is 11.4. The normalized spacial score (nSPS) is 9.77. The monoisotopic (exact) mass is 313 g/mol. The molecule has 0 fully saturated rings. The van der Waals surface area contributed by atoms with Gasteiger partial charge in [0.05, 0.1) is 13.2 Å². The van der Waals surface area contributed by atoms with Gasteiger partial charge in [-0.15, -0.1) is 0 Å². The molecule has 0 bridgehead atoms. The molecule has 0 aliphatic heterocycles. The first kappa shape index (κ1) is 19.9. The summed E-state index contributed by atoms with van der Waals surface area (Å²) >= 11 is 0. The molecule has 7 nitrogen and oxygen atoms in total. The Morgan fingerprint density at radius 3 is 2.14 bits per heavy atom. The number of carboxylic acid groups (broad SMARTS) is 2. The minimum Gasteiger partial charge on any atom is -0.491 e. The second-order valence-corrected chi connectivity index (χ2v) is 4.49. The van der Waals surface area contributed by atoms with Crippen molar-refractivity contribution >= 4 is 11.9 Å². The number of benzene rings is 1. The maximum absolute atomic E-state index is 9.10. The summed E-state index contributed by atoms with van der Waals surface area (Å²) < 4.78 is 10.9. The Morgan fingerprint density at radius 2 is 1.64 bits per heavy atom. The Bertz CT molecular complexity index is 409. The Morgan fingerprint density at radius 1 is 1.05 bits per heavy atom. The van der Waals surface area contributed by atoms with Gasteiger partial charge in [-0.1, -0.05) is 32.0 Å². The van der Waals surface area contributed by atoms with Gasteiger partial charge in [0.25, 0.3) is 0 Å². The van der Waals surface area contributed by atoms with Crippen molar-refractivity contribution in [3.63, 3.8) is 0 Å². The minimum absolute atomic E-state index is 0.518. The molecule has 0 atom stereocenters.